The zero-order valence-electron chi connectivity index (χ0n) is 18.7. The molecule has 1 unspecified atom stereocenters. The summed E-state index contributed by atoms with van der Waals surface area (Å²) in [5.74, 6) is -1.70. The second-order valence-electron chi connectivity index (χ2n) is 9.20. The van der Waals surface area contributed by atoms with Crippen LogP contribution in [-0.2, 0) is 23.7 Å². The van der Waals surface area contributed by atoms with Gasteiger partial charge in [-0.25, -0.2) is 4.79 Å². The summed E-state index contributed by atoms with van der Waals surface area (Å²) >= 11 is 0. The molecule has 3 aliphatic heterocycles. The molecule has 1 amide bonds. The van der Waals surface area contributed by atoms with Gasteiger partial charge in [-0.05, 0) is 35.3 Å². The fourth-order valence-electron chi connectivity index (χ4n) is 4.60. The van der Waals surface area contributed by atoms with Gasteiger partial charge in [0.15, 0.2) is 5.78 Å². The van der Waals surface area contributed by atoms with E-state index in [2.05, 4.69) is 29.6 Å². The molecule has 0 spiro atoms. The lowest BCUT2D eigenvalue weighted by Crippen LogP contribution is -2.67. The molecule has 2 aromatic carbocycles. The van der Waals surface area contributed by atoms with Gasteiger partial charge in [-0.15, -0.1) is 0 Å². The fourth-order valence-corrected chi connectivity index (χ4v) is 4.60. The van der Waals surface area contributed by atoms with Gasteiger partial charge in [0.1, 0.15) is 12.6 Å². The zero-order chi connectivity index (χ0) is 23.1. The van der Waals surface area contributed by atoms with E-state index in [9.17, 15) is 9.59 Å². The van der Waals surface area contributed by atoms with Gasteiger partial charge >= 0.3 is 12.1 Å². The molecule has 0 aromatic heterocycles. The normalized spacial score (nSPS) is 26.6. The van der Waals surface area contributed by atoms with Crippen LogP contribution in [0.3, 0.4) is 0 Å². The molecule has 6 rings (SSSR count). The summed E-state index contributed by atoms with van der Waals surface area (Å²) in [6.07, 6.45) is 2.25. The third-order valence-electron chi connectivity index (χ3n) is 6.39. The highest BCUT2D eigenvalue weighted by Gasteiger charge is 2.55. The van der Waals surface area contributed by atoms with Gasteiger partial charge in [0, 0.05) is 11.3 Å². The highest BCUT2D eigenvalue weighted by molar-refractivity contribution is 5.87. The third kappa shape index (κ3) is 4.08. The molecular weight excluding hydrogens is 422 g/mol. The second-order valence-corrected chi connectivity index (χ2v) is 9.20. The van der Waals surface area contributed by atoms with Crippen molar-refractivity contribution in [3.8, 4) is 11.1 Å². The van der Waals surface area contributed by atoms with Gasteiger partial charge in [0.25, 0.3) is 0 Å². The number of alkyl carbamates (subject to hydrolysis) is 1. The van der Waals surface area contributed by atoms with E-state index < -0.39 is 18.1 Å². The van der Waals surface area contributed by atoms with Crippen molar-refractivity contribution >= 4 is 11.9 Å². The third-order valence-corrected chi connectivity index (χ3v) is 6.39. The second kappa shape index (κ2) is 8.41. The van der Waals surface area contributed by atoms with E-state index in [1.54, 1.807) is 0 Å². The summed E-state index contributed by atoms with van der Waals surface area (Å²) in [6.45, 7) is 4.92. The first kappa shape index (κ1) is 21.8. The van der Waals surface area contributed by atoms with Crippen LogP contribution in [0.15, 0.2) is 60.7 Å². The molecule has 1 aliphatic carbocycles. The van der Waals surface area contributed by atoms with Gasteiger partial charge in [0.05, 0.1) is 19.8 Å². The SMILES string of the molecule is CC(=O)/C=C/C(NC(=O)OCC1c2ccccc2-c2ccccc21)C12OCC(C)(CO1)CO2. The predicted octanol–water partition coefficient (Wildman–Crippen LogP) is 3.78. The number of carbonyl (C=O) groups is 2. The lowest BCUT2D eigenvalue weighted by molar-refractivity contribution is -0.469. The molecular formula is C26H27NO6. The van der Waals surface area contributed by atoms with Crippen molar-refractivity contribution in [2.75, 3.05) is 26.4 Å². The Morgan fingerprint density at radius 1 is 1.03 bits per heavy atom. The summed E-state index contributed by atoms with van der Waals surface area (Å²) in [5, 5.41) is 2.77. The average molecular weight is 450 g/mol. The van der Waals surface area contributed by atoms with Gasteiger partial charge in [-0.2, -0.15) is 0 Å². The highest BCUT2D eigenvalue weighted by atomic mass is 16.9. The number of ketones is 1. The topological polar surface area (TPSA) is 83.1 Å². The smallest absolute Gasteiger partial charge is 0.407 e. The Morgan fingerprint density at radius 3 is 2.12 bits per heavy atom. The summed E-state index contributed by atoms with van der Waals surface area (Å²) in [4.78, 5) is 24.4. The van der Waals surface area contributed by atoms with Crippen molar-refractivity contribution < 1.29 is 28.5 Å². The summed E-state index contributed by atoms with van der Waals surface area (Å²) in [7, 11) is 0. The number of hydrogen-bond acceptors (Lipinski definition) is 6. The van der Waals surface area contributed by atoms with Crippen molar-refractivity contribution in [3.63, 3.8) is 0 Å². The first-order chi connectivity index (χ1) is 15.9. The lowest BCUT2D eigenvalue weighted by Gasteiger charge is -2.52. The molecule has 2 aromatic rings. The van der Waals surface area contributed by atoms with Crippen molar-refractivity contribution in [1.29, 1.82) is 0 Å². The molecule has 1 atom stereocenters. The van der Waals surface area contributed by atoms with Crippen LogP contribution in [-0.4, -0.2) is 50.3 Å². The van der Waals surface area contributed by atoms with E-state index in [0.717, 1.165) is 22.3 Å². The first-order valence-corrected chi connectivity index (χ1v) is 11.1. The van der Waals surface area contributed by atoms with E-state index in [4.69, 9.17) is 18.9 Å². The molecule has 7 heteroatoms. The Bertz CT molecular complexity index is 1040. The largest absolute Gasteiger partial charge is 0.449 e. The molecule has 3 heterocycles. The molecule has 7 nitrogen and oxygen atoms in total. The van der Waals surface area contributed by atoms with E-state index in [0.29, 0.717) is 19.8 Å². The van der Waals surface area contributed by atoms with Gasteiger partial charge in [-0.3, -0.25) is 4.79 Å². The molecule has 3 saturated heterocycles. The molecule has 33 heavy (non-hydrogen) atoms. The number of hydrogen-bond donors (Lipinski definition) is 1. The monoisotopic (exact) mass is 449 g/mol. The van der Waals surface area contributed by atoms with Crippen LogP contribution in [0.4, 0.5) is 4.79 Å². The number of benzene rings is 2. The van der Waals surface area contributed by atoms with E-state index in [1.807, 2.05) is 31.2 Å². The fraction of sp³-hybridized carbons (Fsp3) is 0.385. The van der Waals surface area contributed by atoms with Crippen molar-refractivity contribution in [1.82, 2.24) is 5.32 Å². The summed E-state index contributed by atoms with van der Waals surface area (Å²) < 4.78 is 23.2. The lowest BCUT2D eigenvalue weighted by atomic mass is 9.91. The quantitative estimate of drug-likeness (QED) is 0.676. The minimum atomic E-state index is -1.48. The van der Waals surface area contributed by atoms with Crippen LogP contribution < -0.4 is 5.32 Å². The molecule has 4 aliphatic rings. The number of allylic oxidation sites excluding steroid dienone is 1. The minimum absolute atomic E-state index is 0.0543. The number of fused-ring (bicyclic) bond motifs is 6. The Balaban J connectivity index is 1.31. The van der Waals surface area contributed by atoms with Crippen LogP contribution in [0.1, 0.15) is 30.9 Å². The molecule has 0 radical (unpaired) electrons. The van der Waals surface area contributed by atoms with Gasteiger partial charge < -0.3 is 24.3 Å². The van der Waals surface area contributed by atoms with Gasteiger partial charge in [-0.1, -0.05) is 61.5 Å². The number of rotatable bonds is 6. The van der Waals surface area contributed by atoms with Crippen molar-refractivity contribution in [2.45, 2.75) is 31.8 Å². The van der Waals surface area contributed by atoms with Crippen LogP contribution >= 0.6 is 0 Å². The Labute approximate surface area is 192 Å². The van der Waals surface area contributed by atoms with Crippen molar-refractivity contribution in [3.05, 3.63) is 71.8 Å². The van der Waals surface area contributed by atoms with Gasteiger partial charge in [0.2, 0.25) is 0 Å². The molecule has 0 saturated carbocycles. The van der Waals surface area contributed by atoms with Crippen LogP contribution in [0.5, 0.6) is 0 Å². The van der Waals surface area contributed by atoms with E-state index >= 15 is 0 Å². The van der Waals surface area contributed by atoms with Crippen LogP contribution in [0.25, 0.3) is 11.1 Å². The number of ether oxygens (including phenoxy) is 4. The molecule has 1 N–H and O–H groups in total. The molecule has 172 valence electrons. The van der Waals surface area contributed by atoms with E-state index in [-0.39, 0.29) is 23.7 Å². The summed E-state index contributed by atoms with van der Waals surface area (Å²) in [6, 6.07) is 15.5. The summed E-state index contributed by atoms with van der Waals surface area (Å²) in [5.41, 5.74) is 4.36. The predicted molar refractivity (Wildman–Crippen MR) is 121 cm³/mol. The first-order valence-electron chi connectivity index (χ1n) is 11.1. The zero-order valence-corrected chi connectivity index (χ0v) is 18.7. The van der Waals surface area contributed by atoms with Crippen molar-refractivity contribution in [2.24, 2.45) is 5.41 Å². The average Bonchev–Trinajstić information content (AvgIpc) is 3.15. The Kier molecular flexibility index (Phi) is 5.56. The maximum absolute atomic E-state index is 12.8. The standard InChI is InChI=1S/C26H27NO6/c1-17(28)11-12-23(26-31-14-25(2,15-32-26)16-33-26)27-24(29)30-13-22-20-9-5-3-7-18(20)19-8-4-6-10-21(19)22/h3-12,22-23H,13-16H2,1-2H3,(H,27,29)/b12-11+. The maximum Gasteiger partial charge on any atom is 0.407 e. The highest BCUT2D eigenvalue weighted by Crippen LogP contribution is 2.44. The Morgan fingerprint density at radius 2 is 1.58 bits per heavy atom. The van der Waals surface area contributed by atoms with Crippen LogP contribution in [0.2, 0.25) is 0 Å². The van der Waals surface area contributed by atoms with Crippen LogP contribution in [0, 0.1) is 5.41 Å². The van der Waals surface area contributed by atoms with E-state index in [1.165, 1.54) is 19.1 Å². The number of amides is 1. The maximum atomic E-state index is 12.8. The Hall–Kier alpha value is -3.00. The minimum Gasteiger partial charge on any atom is -0.449 e. The molecule has 2 bridgehead atoms. The molecule has 3 fully saturated rings. The number of carbonyl (C=O) groups excluding carboxylic acids is 2. The number of nitrogens with one attached hydrogen (secondary N) is 1.